The molecule has 0 aliphatic heterocycles. The standard InChI is InChI=1S/C18H22N2O3S/c1-15-8-6-7-9-16(15)14-19-18(21)12-13-20(24(2,22)23)17-10-4-3-5-11-17/h3-11H,12-14H2,1-2H3,(H,19,21). The minimum Gasteiger partial charge on any atom is -0.352 e. The summed E-state index contributed by atoms with van der Waals surface area (Å²) in [5.41, 5.74) is 2.72. The summed E-state index contributed by atoms with van der Waals surface area (Å²) in [7, 11) is -3.43. The van der Waals surface area contributed by atoms with Gasteiger partial charge in [0.2, 0.25) is 15.9 Å². The second-order valence-corrected chi connectivity index (χ2v) is 7.53. The van der Waals surface area contributed by atoms with Crippen LogP contribution in [0.3, 0.4) is 0 Å². The van der Waals surface area contributed by atoms with Crippen molar-refractivity contribution < 1.29 is 13.2 Å². The van der Waals surface area contributed by atoms with E-state index in [1.807, 2.05) is 37.3 Å². The Morgan fingerprint density at radius 1 is 1.04 bits per heavy atom. The summed E-state index contributed by atoms with van der Waals surface area (Å²) in [5, 5.41) is 2.84. The molecule has 0 saturated carbocycles. The predicted octanol–water partition coefficient (Wildman–Crippen LogP) is 2.47. The minimum absolute atomic E-state index is 0.105. The number of anilines is 1. The molecule has 0 atom stereocenters. The number of rotatable bonds is 7. The van der Waals surface area contributed by atoms with Crippen LogP contribution in [0.2, 0.25) is 0 Å². The molecule has 2 rings (SSSR count). The van der Waals surface area contributed by atoms with Gasteiger partial charge in [0.15, 0.2) is 0 Å². The summed E-state index contributed by atoms with van der Waals surface area (Å²) in [4.78, 5) is 12.1. The number of nitrogens with one attached hydrogen (secondary N) is 1. The Bertz CT molecular complexity index is 789. The van der Waals surface area contributed by atoms with Gasteiger partial charge in [-0.2, -0.15) is 0 Å². The third-order valence-corrected chi connectivity index (χ3v) is 4.92. The fraction of sp³-hybridized carbons (Fsp3) is 0.278. The van der Waals surface area contributed by atoms with Crippen molar-refractivity contribution in [1.82, 2.24) is 5.32 Å². The highest BCUT2D eigenvalue weighted by Gasteiger charge is 2.18. The van der Waals surface area contributed by atoms with Crippen LogP contribution in [0.15, 0.2) is 54.6 Å². The average Bonchev–Trinajstić information content (AvgIpc) is 2.54. The number of aryl methyl sites for hydroxylation is 1. The first-order chi connectivity index (χ1) is 11.4. The Morgan fingerprint density at radius 3 is 2.29 bits per heavy atom. The van der Waals surface area contributed by atoms with E-state index < -0.39 is 10.0 Å². The van der Waals surface area contributed by atoms with E-state index >= 15 is 0 Å². The van der Waals surface area contributed by atoms with Gasteiger partial charge >= 0.3 is 0 Å². The zero-order chi connectivity index (χ0) is 17.6. The molecule has 0 bridgehead atoms. The molecule has 0 aliphatic rings. The van der Waals surface area contributed by atoms with Crippen molar-refractivity contribution in [3.05, 3.63) is 65.7 Å². The topological polar surface area (TPSA) is 66.5 Å². The van der Waals surface area contributed by atoms with Crippen molar-refractivity contribution in [3.8, 4) is 0 Å². The van der Waals surface area contributed by atoms with Gasteiger partial charge in [-0.25, -0.2) is 8.42 Å². The molecule has 0 heterocycles. The number of amides is 1. The van der Waals surface area contributed by atoms with E-state index in [1.165, 1.54) is 4.31 Å². The monoisotopic (exact) mass is 346 g/mol. The zero-order valence-corrected chi connectivity index (χ0v) is 14.7. The summed E-state index contributed by atoms with van der Waals surface area (Å²) in [5.74, 6) is -0.178. The van der Waals surface area contributed by atoms with Gasteiger partial charge in [-0.1, -0.05) is 42.5 Å². The number of sulfonamides is 1. The van der Waals surface area contributed by atoms with E-state index in [-0.39, 0.29) is 18.9 Å². The van der Waals surface area contributed by atoms with E-state index in [9.17, 15) is 13.2 Å². The quantitative estimate of drug-likeness (QED) is 0.837. The maximum atomic E-state index is 12.1. The summed E-state index contributed by atoms with van der Waals surface area (Å²) in [6.07, 6.45) is 1.25. The van der Waals surface area contributed by atoms with Crippen LogP contribution in [-0.4, -0.2) is 27.1 Å². The first kappa shape index (κ1) is 18.0. The molecule has 1 N–H and O–H groups in total. The lowest BCUT2D eigenvalue weighted by molar-refractivity contribution is -0.121. The highest BCUT2D eigenvalue weighted by Crippen LogP contribution is 2.17. The third-order valence-electron chi connectivity index (χ3n) is 3.72. The van der Waals surface area contributed by atoms with E-state index in [4.69, 9.17) is 0 Å². The van der Waals surface area contributed by atoms with Crippen LogP contribution in [0.25, 0.3) is 0 Å². The Kier molecular flexibility index (Phi) is 5.98. The molecule has 0 aliphatic carbocycles. The molecule has 2 aromatic rings. The van der Waals surface area contributed by atoms with Crippen LogP contribution in [0.5, 0.6) is 0 Å². The number of hydrogen-bond donors (Lipinski definition) is 1. The molecule has 0 saturated heterocycles. The fourth-order valence-electron chi connectivity index (χ4n) is 2.37. The van der Waals surface area contributed by atoms with Crippen LogP contribution in [0.4, 0.5) is 5.69 Å². The van der Waals surface area contributed by atoms with Crippen molar-refractivity contribution in [2.24, 2.45) is 0 Å². The van der Waals surface area contributed by atoms with Gasteiger partial charge in [0.05, 0.1) is 11.9 Å². The molecule has 6 heteroatoms. The van der Waals surface area contributed by atoms with Crippen LogP contribution in [0, 0.1) is 6.92 Å². The molecule has 0 radical (unpaired) electrons. The zero-order valence-electron chi connectivity index (χ0n) is 13.9. The lowest BCUT2D eigenvalue weighted by atomic mass is 10.1. The number of nitrogens with zero attached hydrogens (tertiary/aromatic N) is 1. The Labute approximate surface area is 143 Å². The van der Waals surface area contributed by atoms with Gasteiger partial charge in [0.25, 0.3) is 0 Å². The summed E-state index contributed by atoms with van der Waals surface area (Å²) in [6, 6.07) is 16.6. The molecule has 0 spiro atoms. The first-order valence-electron chi connectivity index (χ1n) is 7.72. The molecule has 0 aromatic heterocycles. The van der Waals surface area contributed by atoms with Crippen LogP contribution >= 0.6 is 0 Å². The van der Waals surface area contributed by atoms with Gasteiger partial charge < -0.3 is 5.32 Å². The van der Waals surface area contributed by atoms with E-state index in [0.717, 1.165) is 17.4 Å². The highest BCUT2D eigenvalue weighted by molar-refractivity contribution is 7.92. The average molecular weight is 346 g/mol. The predicted molar refractivity (Wildman–Crippen MR) is 96.3 cm³/mol. The number of carbonyl (C=O) groups is 1. The van der Waals surface area contributed by atoms with Gasteiger partial charge in [0, 0.05) is 19.5 Å². The van der Waals surface area contributed by atoms with Crippen LogP contribution in [0.1, 0.15) is 17.5 Å². The lowest BCUT2D eigenvalue weighted by Crippen LogP contribution is -2.34. The van der Waals surface area contributed by atoms with Crippen molar-refractivity contribution >= 4 is 21.6 Å². The Morgan fingerprint density at radius 2 is 1.67 bits per heavy atom. The maximum absolute atomic E-state index is 12.1. The Balaban J connectivity index is 1.95. The summed E-state index contributed by atoms with van der Waals surface area (Å²) in [6.45, 7) is 2.54. The number of benzene rings is 2. The minimum atomic E-state index is -3.43. The fourth-order valence-corrected chi connectivity index (χ4v) is 3.30. The first-order valence-corrected chi connectivity index (χ1v) is 9.57. The number of hydrogen-bond acceptors (Lipinski definition) is 3. The van der Waals surface area contributed by atoms with E-state index in [0.29, 0.717) is 12.2 Å². The maximum Gasteiger partial charge on any atom is 0.232 e. The molecular weight excluding hydrogens is 324 g/mol. The number of para-hydroxylation sites is 1. The van der Waals surface area contributed by atoms with E-state index in [2.05, 4.69) is 5.32 Å². The molecular formula is C18H22N2O3S. The van der Waals surface area contributed by atoms with Gasteiger partial charge in [-0.3, -0.25) is 9.10 Å². The molecule has 2 aromatic carbocycles. The lowest BCUT2D eigenvalue weighted by Gasteiger charge is -2.22. The molecule has 128 valence electrons. The van der Waals surface area contributed by atoms with Gasteiger partial charge in [-0.05, 0) is 30.2 Å². The summed E-state index contributed by atoms with van der Waals surface area (Å²) < 4.78 is 25.2. The molecule has 24 heavy (non-hydrogen) atoms. The van der Waals surface area contributed by atoms with Crippen molar-refractivity contribution in [2.45, 2.75) is 19.9 Å². The molecule has 1 amide bonds. The number of carbonyl (C=O) groups excluding carboxylic acids is 1. The summed E-state index contributed by atoms with van der Waals surface area (Å²) >= 11 is 0. The SMILES string of the molecule is Cc1ccccc1CNC(=O)CCN(c1ccccc1)S(C)(=O)=O. The largest absolute Gasteiger partial charge is 0.352 e. The normalized spacial score (nSPS) is 11.1. The Hall–Kier alpha value is -2.34. The van der Waals surface area contributed by atoms with Crippen LogP contribution < -0.4 is 9.62 Å². The van der Waals surface area contributed by atoms with Gasteiger partial charge in [0.1, 0.15) is 0 Å². The smallest absolute Gasteiger partial charge is 0.232 e. The van der Waals surface area contributed by atoms with Crippen LogP contribution in [-0.2, 0) is 21.4 Å². The third kappa shape index (κ3) is 5.09. The molecule has 5 nitrogen and oxygen atoms in total. The van der Waals surface area contributed by atoms with Crippen molar-refractivity contribution in [2.75, 3.05) is 17.1 Å². The van der Waals surface area contributed by atoms with Crippen molar-refractivity contribution in [3.63, 3.8) is 0 Å². The molecule has 0 unspecified atom stereocenters. The second-order valence-electron chi connectivity index (χ2n) is 5.62. The van der Waals surface area contributed by atoms with Crippen molar-refractivity contribution in [1.29, 1.82) is 0 Å². The highest BCUT2D eigenvalue weighted by atomic mass is 32.2. The van der Waals surface area contributed by atoms with E-state index in [1.54, 1.807) is 24.3 Å². The molecule has 0 fully saturated rings. The van der Waals surface area contributed by atoms with Gasteiger partial charge in [-0.15, -0.1) is 0 Å². The second kappa shape index (κ2) is 7.97.